The monoisotopic (exact) mass is 298 g/mol. The van der Waals surface area contributed by atoms with Gasteiger partial charge < -0.3 is 5.32 Å². The summed E-state index contributed by atoms with van der Waals surface area (Å²) in [4.78, 5) is 3.99. The molecule has 2 aromatic heterocycles. The quantitative estimate of drug-likeness (QED) is 0.738. The van der Waals surface area contributed by atoms with Crippen LogP contribution in [-0.2, 0) is 0 Å². The molecule has 3 aromatic rings. The molecule has 0 amide bonds. The summed E-state index contributed by atoms with van der Waals surface area (Å²) in [5.74, 6) is 0. The molecule has 1 N–H and O–H groups in total. The van der Waals surface area contributed by atoms with Crippen LogP contribution in [-0.4, -0.2) is 14.8 Å². The lowest BCUT2D eigenvalue weighted by Crippen LogP contribution is -2.10. The normalized spacial score (nSPS) is 12.1. The zero-order valence-electron chi connectivity index (χ0n) is 11.6. The van der Waals surface area contributed by atoms with Crippen LogP contribution in [0.15, 0.2) is 61.1 Å². The smallest absolute Gasteiger partial charge is 0.131 e. The maximum Gasteiger partial charge on any atom is 0.131 e. The van der Waals surface area contributed by atoms with E-state index in [0.717, 1.165) is 16.9 Å². The van der Waals surface area contributed by atoms with Gasteiger partial charge in [0.25, 0.3) is 0 Å². The van der Waals surface area contributed by atoms with E-state index in [1.165, 1.54) is 0 Å². The highest BCUT2D eigenvalue weighted by atomic mass is 35.5. The van der Waals surface area contributed by atoms with Gasteiger partial charge in [0, 0.05) is 24.3 Å². The Labute approximate surface area is 128 Å². The van der Waals surface area contributed by atoms with Gasteiger partial charge in [0.2, 0.25) is 0 Å². The van der Waals surface area contributed by atoms with E-state index in [0.29, 0.717) is 5.15 Å². The average molecular weight is 299 g/mol. The molecule has 0 fully saturated rings. The van der Waals surface area contributed by atoms with Crippen LogP contribution < -0.4 is 5.32 Å². The minimum Gasteiger partial charge on any atom is -0.378 e. The van der Waals surface area contributed by atoms with Crippen LogP contribution in [0.5, 0.6) is 0 Å². The fraction of sp³-hybridized carbons (Fsp3) is 0.125. The van der Waals surface area contributed by atoms with Crippen LogP contribution in [0.3, 0.4) is 0 Å². The highest BCUT2D eigenvalue weighted by Crippen LogP contribution is 2.25. The van der Waals surface area contributed by atoms with Gasteiger partial charge in [-0.2, -0.15) is 5.10 Å². The van der Waals surface area contributed by atoms with E-state index in [-0.39, 0.29) is 6.04 Å². The Kier molecular flexibility index (Phi) is 3.88. The predicted molar refractivity (Wildman–Crippen MR) is 84.8 cm³/mol. The van der Waals surface area contributed by atoms with Crippen LogP contribution >= 0.6 is 11.6 Å². The fourth-order valence-electron chi connectivity index (χ4n) is 2.29. The Morgan fingerprint density at radius 3 is 2.76 bits per heavy atom. The summed E-state index contributed by atoms with van der Waals surface area (Å²) in [6.45, 7) is 2.11. The molecule has 3 rings (SSSR count). The van der Waals surface area contributed by atoms with Crippen molar-refractivity contribution in [3.05, 3.63) is 71.8 Å². The van der Waals surface area contributed by atoms with Gasteiger partial charge in [0.05, 0.1) is 11.7 Å². The zero-order valence-corrected chi connectivity index (χ0v) is 12.3. The van der Waals surface area contributed by atoms with Crippen molar-refractivity contribution < 1.29 is 0 Å². The standard InChI is InChI=1S/C16H15ClN4/c1-12(20-13-7-9-18-16(17)11-13)14-5-2-3-6-15(14)21-10-4-8-19-21/h2-12H,1H3,(H,18,20). The van der Waals surface area contributed by atoms with E-state index < -0.39 is 0 Å². The molecular weight excluding hydrogens is 284 g/mol. The third-order valence-corrected chi connectivity index (χ3v) is 3.47. The molecule has 0 bridgehead atoms. The molecule has 1 unspecified atom stereocenters. The van der Waals surface area contributed by atoms with E-state index in [9.17, 15) is 0 Å². The van der Waals surface area contributed by atoms with E-state index in [1.54, 1.807) is 12.4 Å². The van der Waals surface area contributed by atoms with Gasteiger partial charge in [-0.15, -0.1) is 0 Å². The molecule has 106 valence electrons. The number of nitrogens with one attached hydrogen (secondary N) is 1. The van der Waals surface area contributed by atoms with Gasteiger partial charge in [-0.1, -0.05) is 29.8 Å². The number of rotatable bonds is 4. The van der Waals surface area contributed by atoms with Gasteiger partial charge in [-0.25, -0.2) is 9.67 Å². The van der Waals surface area contributed by atoms with Gasteiger partial charge in [0.15, 0.2) is 0 Å². The number of para-hydroxylation sites is 1. The first kappa shape index (κ1) is 13.6. The Morgan fingerprint density at radius 2 is 2.00 bits per heavy atom. The van der Waals surface area contributed by atoms with Crippen LogP contribution in [0, 0.1) is 0 Å². The molecule has 1 aromatic carbocycles. The van der Waals surface area contributed by atoms with E-state index in [4.69, 9.17) is 11.6 Å². The summed E-state index contributed by atoms with van der Waals surface area (Å²) in [6, 6.07) is 13.9. The second-order valence-electron chi connectivity index (χ2n) is 4.74. The van der Waals surface area contributed by atoms with Gasteiger partial charge in [-0.05, 0) is 36.8 Å². The van der Waals surface area contributed by atoms with Crippen LogP contribution in [0.25, 0.3) is 5.69 Å². The highest BCUT2D eigenvalue weighted by Gasteiger charge is 2.11. The third kappa shape index (κ3) is 3.06. The van der Waals surface area contributed by atoms with Crippen molar-refractivity contribution in [3.63, 3.8) is 0 Å². The lowest BCUT2D eigenvalue weighted by Gasteiger charge is -2.19. The van der Waals surface area contributed by atoms with Crippen molar-refractivity contribution >= 4 is 17.3 Å². The number of pyridine rings is 1. The van der Waals surface area contributed by atoms with E-state index >= 15 is 0 Å². The number of halogens is 1. The fourth-order valence-corrected chi connectivity index (χ4v) is 2.47. The SMILES string of the molecule is CC(Nc1ccnc(Cl)c1)c1ccccc1-n1cccn1. The number of nitrogens with zero attached hydrogens (tertiary/aromatic N) is 3. The molecule has 0 aliphatic rings. The minimum absolute atomic E-state index is 0.115. The molecule has 0 saturated heterocycles. The molecule has 4 nitrogen and oxygen atoms in total. The molecule has 0 aliphatic carbocycles. The van der Waals surface area contributed by atoms with Crippen molar-refractivity contribution in [3.8, 4) is 5.69 Å². The molecule has 5 heteroatoms. The minimum atomic E-state index is 0.115. The first-order chi connectivity index (χ1) is 10.2. The maximum absolute atomic E-state index is 5.92. The summed E-state index contributed by atoms with van der Waals surface area (Å²) in [5.41, 5.74) is 3.16. The summed E-state index contributed by atoms with van der Waals surface area (Å²) < 4.78 is 1.87. The predicted octanol–water partition coefficient (Wildman–Crippen LogP) is 4.09. The molecule has 21 heavy (non-hydrogen) atoms. The van der Waals surface area contributed by atoms with Crippen molar-refractivity contribution in [2.75, 3.05) is 5.32 Å². The van der Waals surface area contributed by atoms with Crippen LogP contribution in [0.2, 0.25) is 5.15 Å². The maximum atomic E-state index is 5.92. The second kappa shape index (κ2) is 5.97. The second-order valence-corrected chi connectivity index (χ2v) is 5.13. The summed E-state index contributed by atoms with van der Waals surface area (Å²) in [5, 5.41) is 8.22. The topological polar surface area (TPSA) is 42.7 Å². The van der Waals surface area contributed by atoms with Crippen molar-refractivity contribution in [2.45, 2.75) is 13.0 Å². The Hall–Kier alpha value is -2.33. The van der Waals surface area contributed by atoms with E-state index in [2.05, 4.69) is 34.5 Å². The van der Waals surface area contributed by atoms with Crippen LogP contribution in [0.4, 0.5) is 5.69 Å². The highest BCUT2D eigenvalue weighted by molar-refractivity contribution is 6.29. The Balaban J connectivity index is 1.90. The van der Waals surface area contributed by atoms with Gasteiger partial charge in [0.1, 0.15) is 5.15 Å². The van der Waals surface area contributed by atoms with Crippen molar-refractivity contribution in [1.82, 2.24) is 14.8 Å². The number of hydrogen-bond donors (Lipinski definition) is 1. The molecule has 2 heterocycles. The number of anilines is 1. The molecule has 0 spiro atoms. The lowest BCUT2D eigenvalue weighted by atomic mass is 10.1. The lowest BCUT2D eigenvalue weighted by molar-refractivity contribution is 0.818. The van der Waals surface area contributed by atoms with Gasteiger partial charge in [-0.3, -0.25) is 0 Å². The molecule has 1 atom stereocenters. The third-order valence-electron chi connectivity index (χ3n) is 3.26. The molecule has 0 saturated carbocycles. The van der Waals surface area contributed by atoms with Gasteiger partial charge >= 0.3 is 0 Å². The summed E-state index contributed by atoms with van der Waals surface area (Å²) in [6.07, 6.45) is 5.41. The Morgan fingerprint density at radius 1 is 1.14 bits per heavy atom. The van der Waals surface area contributed by atoms with E-state index in [1.807, 2.05) is 41.2 Å². The summed E-state index contributed by atoms with van der Waals surface area (Å²) in [7, 11) is 0. The largest absolute Gasteiger partial charge is 0.378 e. The van der Waals surface area contributed by atoms with Crippen molar-refractivity contribution in [1.29, 1.82) is 0 Å². The average Bonchev–Trinajstić information content (AvgIpc) is 3.01. The molecule has 0 aliphatic heterocycles. The number of hydrogen-bond acceptors (Lipinski definition) is 3. The van der Waals surface area contributed by atoms with Crippen LogP contribution in [0.1, 0.15) is 18.5 Å². The first-order valence-electron chi connectivity index (χ1n) is 6.71. The summed E-state index contributed by atoms with van der Waals surface area (Å²) >= 11 is 5.92. The first-order valence-corrected chi connectivity index (χ1v) is 7.09. The zero-order chi connectivity index (χ0) is 14.7. The molecular formula is C16H15ClN4. The Bertz CT molecular complexity index is 725. The van der Waals surface area contributed by atoms with Crippen molar-refractivity contribution in [2.24, 2.45) is 0 Å². The number of benzene rings is 1. The molecule has 0 radical (unpaired) electrons. The number of aromatic nitrogens is 3.